The molecule has 3 nitrogen and oxygen atoms in total. The van der Waals surface area contributed by atoms with Crippen LogP contribution < -0.4 is 5.32 Å². The molecule has 1 heterocycles. The van der Waals surface area contributed by atoms with Crippen molar-refractivity contribution in [2.75, 3.05) is 40.3 Å². The van der Waals surface area contributed by atoms with Crippen molar-refractivity contribution in [3.05, 3.63) is 0 Å². The minimum absolute atomic E-state index is 0.320. The van der Waals surface area contributed by atoms with Crippen molar-refractivity contribution in [3.63, 3.8) is 0 Å². The molecule has 1 N–H and O–H groups in total. The lowest BCUT2D eigenvalue weighted by Crippen LogP contribution is -2.51. The van der Waals surface area contributed by atoms with E-state index in [0.29, 0.717) is 11.5 Å². The zero-order valence-corrected chi connectivity index (χ0v) is 13.3. The van der Waals surface area contributed by atoms with Gasteiger partial charge in [0.15, 0.2) is 0 Å². The van der Waals surface area contributed by atoms with Crippen molar-refractivity contribution in [2.24, 2.45) is 5.41 Å². The molecule has 2 atom stereocenters. The summed E-state index contributed by atoms with van der Waals surface area (Å²) in [5, 5.41) is 3.57. The van der Waals surface area contributed by atoms with E-state index in [2.05, 4.69) is 56.9 Å². The highest BCUT2D eigenvalue weighted by molar-refractivity contribution is 4.86. The van der Waals surface area contributed by atoms with Crippen molar-refractivity contribution in [2.45, 2.75) is 52.6 Å². The maximum absolute atomic E-state index is 3.57. The summed E-state index contributed by atoms with van der Waals surface area (Å²) in [6, 6.07) is 1.29. The van der Waals surface area contributed by atoms with Gasteiger partial charge in [0.25, 0.3) is 0 Å². The Morgan fingerprint density at radius 1 is 1.44 bits per heavy atom. The van der Waals surface area contributed by atoms with Crippen molar-refractivity contribution in [3.8, 4) is 0 Å². The average molecular weight is 255 g/mol. The molecule has 1 rings (SSSR count). The lowest BCUT2D eigenvalue weighted by atomic mass is 9.84. The molecular weight excluding hydrogens is 222 g/mol. The van der Waals surface area contributed by atoms with E-state index in [1.807, 2.05) is 0 Å². The topological polar surface area (TPSA) is 18.5 Å². The van der Waals surface area contributed by atoms with Gasteiger partial charge in [-0.3, -0.25) is 0 Å². The Kier molecular flexibility index (Phi) is 6.09. The zero-order chi connectivity index (χ0) is 13.8. The first kappa shape index (κ1) is 15.9. The van der Waals surface area contributed by atoms with E-state index < -0.39 is 0 Å². The smallest absolute Gasteiger partial charge is 0.0220 e. The SMILES string of the molecule is CCNC(C)C(C)(C)CN(C)C1CCCN(C)C1. The number of rotatable bonds is 6. The average Bonchev–Trinajstić information content (AvgIpc) is 2.28. The van der Waals surface area contributed by atoms with Gasteiger partial charge in [0.1, 0.15) is 0 Å². The third-order valence-corrected chi connectivity index (χ3v) is 4.56. The van der Waals surface area contributed by atoms with Crippen LogP contribution in [0.15, 0.2) is 0 Å². The third kappa shape index (κ3) is 4.52. The van der Waals surface area contributed by atoms with Crippen LogP contribution in [0.3, 0.4) is 0 Å². The van der Waals surface area contributed by atoms with Crippen molar-refractivity contribution < 1.29 is 0 Å². The van der Waals surface area contributed by atoms with Gasteiger partial charge in [-0.25, -0.2) is 0 Å². The van der Waals surface area contributed by atoms with Gasteiger partial charge in [-0.15, -0.1) is 0 Å². The summed E-state index contributed by atoms with van der Waals surface area (Å²) in [6.45, 7) is 14.0. The van der Waals surface area contributed by atoms with E-state index >= 15 is 0 Å². The molecule has 0 radical (unpaired) electrons. The molecule has 1 aliphatic heterocycles. The summed E-state index contributed by atoms with van der Waals surface area (Å²) in [5.41, 5.74) is 0.320. The number of nitrogens with zero attached hydrogens (tertiary/aromatic N) is 2. The fourth-order valence-corrected chi connectivity index (χ4v) is 2.99. The van der Waals surface area contributed by atoms with Gasteiger partial charge >= 0.3 is 0 Å². The molecule has 0 spiro atoms. The van der Waals surface area contributed by atoms with Crippen LogP contribution in [0.2, 0.25) is 0 Å². The van der Waals surface area contributed by atoms with Crippen LogP contribution >= 0.6 is 0 Å². The van der Waals surface area contributed by atoms with Crippen LogP contribution in [-0.4, -0.2) is 62.2 Å². The lowest BCUT2D eigenvalue weighted by molar-refractivity contribution is 0.0855. The number of nitrogens with one attached hydrogen (secondary N) is 1. The largest absolute Gasteiger partial charge is 0.314 e. The van der Waals surface area contributed by atoms with Gasteiger partial charge < -0.3 is 15.1 Å². The molecule has 3 heteroatoms. The number of likely N-dealkylation sites (tertiary alicyclic amines) is 1. The van der Waals surface area contributed by atoms with Crippen molar-refractivity contribution in [1.82, 2.24) is 15.1 Å². The molecule has 0 aromatic carbocycles. The molecule has 0 aromatic heterocycles. The lowest BCUT2D eigenvalue weighted by Gasteiger charge is -2.42. The van der Waals surface area contributed by atoms with E-state index in [1.165, 1.54) is 32.5 Å². The first-order valence-corrected chi connectivity index (χ1v) is 7.49. The summed E-state index contributed by atoms with van der Waals surface area (Å²) in [6.07, 6.45) is 2.70. The summed E-state index contributed by atoms with van der Waals surface area (Å²) in [4.78, 5) is 5.04. The molecule has 0 amide bonds. The maximum Gasteiger partial charge on any atom is 0.0220 e. The highest BCUT2D eigenvalue weighted by Gasteiger charge is 2.30. The summed E-state index contributed by atoms with van der Waals surface area (Å²) >= 11 is 0. The normalized spacial score (nSPS) is 24.5. The molecule has 0 aromatic rings. The Balaban J connectivity index is 2.49. The van der Waals surface area contributed by atoms with E-state index in [1.54, 1.807) is 0 Å². The van der Waals surface area contributed by atoms with E-state index in [4.69, 9.17) is 0 Å². The van der Waals surface area contributed by atoms with Crippen molar-refractivity contribution in [1.29, 1.82) is 0 Å². The van der Waals surface area contributed by atoms with Gasteiger partial charge in [-0.05, 0) is 52.4 Å². The third-order valence-electron chi connectivity index (χ3n) is 4.56. The van der Waals surface area contributed by atoms with Crippen LogP contribution in [0.5, 0.6) is 0 Å². The Bertz CT molecular complexity index is 240. The molecule has 1 fully saturated rings. The quantitative estimate of drug-likeness (QED) is 0.783. The van der Waals surface area contributed by atoms with Gasteiger partial charge in [0.05, 0.1) is 0 Å². The summed E-state index contributed by atoms with van der Waals surface area (Å²) < 4.78 is 0. The number of piperidine rings is 1. The minimum Gasteiger partial charge on any atom is -0.314 e. The second-order valence-corrected chi connectivity index (χ2v) is 6.74. The molecule has 0 bridgehead atoms. The Labute approximate surface area is 114 Å². The minimum atomic E-state index is 0.320. The molecule has 2 unspecified atom stereocenters. The second-order valence-electron chi connectivity index (χ2n) is 6.74. The van der Waals surface area contributed by atoms with Gasteiger partial charge in [-0.2, -0.15) is 0 Å². The molecule has 108 valence electrons. The Hall–Kier alpha value is -0.120. The first-order chi connectivity index (χ1) is 8.36. The maximum atomic E-state index is 3.57. The van der Waals surface area contributed by atoms with E-state index in [-0.39, 0.29) is 0 Å². The number of likely N-dealkylation sites (N-methyl/N-ethyl adjacent to an activating group) is 2. The fourth-order valence-electron chi connectivity index (χ4n) is 2.99. The molecule has 18 heavy (non-hydrogen) atoms. The molecule has 1 aliphatic rings. The van der Waals surface area contributed by atoms with E-state index in [0.717, 1.165) is 12.6 Å². The monoisotopic (exact) mass is 255 g/mol. The van der Waals surface area contributed by atoms with Gasteiger partial charge in [0, 0.05) is 25.2 Å². The van der Waals surface area contributed by atoms with Crippen LogP contribution in [0.25, 0.3) is 0 Å². The van der Waals surface area contributed by atoms with Crippen LogP contribution in [-0.2, 0) is 0 Å². The van der Waals surface area contributed by atoms with E-state index in [9.17, 15) is 0 Å². The van der Waals surface area contributed by atoms with Gasteiger partial charge in [-0.1, -0.05) is 20.8 Å². The Morgan fingerprint density at radius 3 is 2.67 bits per heavy atom. The Morgan fingerprint density at radius 2 is 2.11 bits per heavy atom. The highest BCUT2D eigenvalue weighted by Crippen LogP contribution is 2.24. The number of hydrogen-bond acceptors (Lipinski definition) is 3. The fraction of sp³-hybridized carbons (Fsp3) is 1.00. The molecule has 0 saturated carbocycles. The predicted molar refractivity (Wildman–Crippen MR) is 80.1 cm³/mol. The molecule has 1 saturated heterocycles. The standard InChI is InChI=1S/C15H33N3/c1-7-16-13(2)15(3,4)12-18(6)14-9-8-10-17(5)11-14/h13-14,16H,7-12H2,1-6H3. The molecule has 0 aliphatic carbocycles. The van der Waals surface area contributed by atoms with Crippen molar-refractivity contribution >= 4 is 0 Å². The van der Waals surface area contributed by atoms with Crippen LogP contribution in [0.4, 0.5) is 0 Å². The van der Waals surface area contributed by atoms with Gasteiger partial charge in [0.2, 0.25) is 0 Å². The van der Waals surface area contributed by atoms with Crippen LogP contribution in [0.1, 0.15) is 40.5 Å². The first-order valence-electron chi connectivity index (χ1n) is 7.49. The zero-order valence-electron chi connectivity index (χ0n) is 13.3. The summed E-state index contributed by atoms with van der Waals surface area (Å²) in [5.74, 6) is 0. The number of hydrogen-bond donors (Lipinski definition) is 1. The predicted octanol–water partition coefficient (Wildman–Crippen LogP) is 2.04. The molecular formula is C15H33N3. The van der Waals surface area contributed by atoms with Crippen LogP contribution in [0, 0.1) is 5.41 Å². The highest BCUT2D eigenvalue weighted by atomic mass is 15.2. The summed E-state index contributed by atoms with van der Waals surface area (Å²) in [7, 11) is 4.54. The second kappa shape index (κ2) is 6.88.